The van der Waals surface area contributed by atoms with E-state index in [-0.39, 0.29) is 59.0 Å². The fourth-order valence-electron chi connectivity index (χ4n) is 0.558. The number of aliphatic carboxylic acids is 2. The molecule has 0 fully saturated rings. The Kier molecular flexibility index (Phi) is 26.9. The molecule has 9 heteroatoms. The van der Waals surface area contributed by atoms with E-state index in [0.29, 0.717) is 13.1 Å². The molecule has 0 radical (unpaired) electrons. The van der Waals surface area contributed by atoms with Gasteiger partial charge in [-0.25, -0.2) is 0 Å². The topological polar surface area (TPSA) is 104 Å². The summed E-state index contributed by atoms with van der Waals surface area (Å²) < 4.78 is 0. The van der Waals surface area contributed by atoms with E-state index in [9.17, 15) is 19.8 Å². The van der Waals surface area contributed by atoms with Crippen molar-refractivity contribution in [3.05, 3.63) is 0 Å². The van der Waals surface area contributed by atoms with Crippen molar-refractivity contribution < 1.29 is 65.7 Å². The van der Waals surface area contributed by atoms with Crippen molar-refractivity contribution in [1.82, 2.24) is 10.6 Å². The molecule has 0 spiro atoms. The van der Waals surface area contributed by atoms with E-state index in [1.54, 1.807) is 0 Å². The van der Waals surface area contributed by atoms with Crippen LogP contribution in [0.2, 0.25) is 0 Å². The van der Waals surface area contributed by atoms with Crippen LogP contribution in [-0.2, 0) is 30.7 Å². The molecule has 0 saturated heterocycles. The first-order chi connectivity index (χ1) is 5.63. The van der Waals surface area contributed by atoms with Gasteiger partial charge in [-0.3, -0.25) is 0 Å². The molecule has 0 bridgehead atoms. The molecule has 0 aromatic carbocycles. The van der Waals surface area contributed by atoms with E-state index in [2.05, 4.69) is 10.6 Å². The Labute approximate surface area is 114 Å². The zero-order valence-corrected chi connectivity index (χ0v) is 11.3. The van der Waals surface area contributed by atoms with Crippen LogP contribution in [0.15, 0.2) is 0 Å². The molecule has 0 aliphatic carbocycles. The molecule has 6 nitrogen and oxygen atoms in total. The first-order valence-corrected chi connectivity index (χ1v) is 3.44. The maximum atomic E-state index is 9.84. The van der Waals surface area contributed by atoms with Crippen LogP contribution in [0.4, 0.5) is 0 Å². The minimum Gasteiger partial charge on any atom is -1.00 e. The Balaban J connectivity index is -0.000000202. The predicted molar refractivity (Wildman–Crippen MR) is 35.8 cm³/mol. The quantitative estimate of drug-likeness (QED) is 0.382. The van der Waals surface area contributed by atoms with Gasteiger partial charge in [0.25, 0.3) is 0 Å². The number of carboxylic acids is 2. The molecule has 2 N–H and O–H groups in total. The molecule has 0 aliphatic rings. The second kappa shape index (κ2) is 16.6. The summed E-state index contributed by atoms with van der Waals surface area (Å²) in [6.07, 6.45) is 0. The number of carbonyl (C=O) groups excluding carboxylic acids is 2. The van der Waals surface area contributed by atoms with E-state index in [4.69, 9.17) is 0 Å². The van der Waals surface area contributed by atoms with Crippen LogP contribution in [-0.4, -0.2) is 38.1 Å². The van der Waals surface area contributed by atoms with Gasteiger partial charge >= 0.3 is 21.1 Å². The maximum Gasteiger partial charge on any atom is 4.00 e. The van der Waals surface area contributed by atoms with Crippen LogP contribution >= 0.6 is 0 Å². The second-order valence-electron chi connectivity index (χ2n) is 2.10. The van der Waals surface area contributed by atoms with Crippen LogP contribution < -0.4 is 45.7 Å². The van der Waals surface area contributed by atoms with Crippen molar-refractivity contribution in [1.29, 1.82) is 0 Å². The summed E-state index contributed by atoms with van der Waals surface area (Å²) in [6.45, 7) is 0.294. The van der Waals surface area contributed by atoms with Gasteiger partial charge in [0.1, 0.15) is 0 Å². The van der Waals surface area contributed by atoms with Gasteiger partial charge in [-0.1, -0.05) is 0 Å². The fraction of sp³-hybridized carbons (Fsp3) is 0.667. The molecule has 15 heavy (non-hydrogen) atoms. The van der Waals surface area contributed by atoms with Gasteiger partial charge in [0.15, 0.2) is 0 Å². The Morgan fingerprint density at radius 2 is 1.13 bits per heavy atom. The normalized spacial score (nSPS) is 7.73. The molecule has 0 unspecified atom stereocenters. The number of carbonyl (C=O) groups is 2. The van der Waals surface area contributed by atoms with Crippen molar-refractivity contribution in [3.63, 3.8) is 0 Å². The molecule has 0 atom stereocenters. The zero-order valence-electron chi connectivity index (χ0n) is 7.53. The molecule has 0 amide bonds. The van der Waals surface area contributed by atoms with Crippen molar-refractivity contribution >= 4 is 11.9 Å². The standard InChI is InChI=1S/C6H12N2O4.2ClH.Pt/c9-5(10)3-7-1-2-8-4-6(11)12;;;/h7-8H,1-4H2,(H,9,10)(H,11,12);2*1H;/q;;;+4/p-4. The van der Waals surface area contributed by atoms with Crippen molar-refractivity contribution in [3.8, 4) is 0 Å². The third-order valence-electron chi connectivity index (χ3n) is 1.02. The molecule has 0 rings (SSSR count). The summed E-state index contributed by atoms with van der Waals surface area (Å²) in [4.78, 5) is 19.7. The molecule has 92 valence electrons. The number of carboxylic acid groups (broad SMARTS) is 2. The maximum absolute atomic E-state index is 9.84. The van der Waals surface area contributed by atoms with Crippen molar-refractivity contribution in [2.24, 2.45) is 0 Å². The molecule has 0 aromatic heterocycles. The number of hydrogen-bond acceptors (Lipinski definition) is 6. The molecule has 0 aliphatic heterocycles. The summed E-state index contributed by atoms with van der Waals surface area (Å²) in [5.74, 6) is -2.37. The van der Waals surface area contributed by atoms with Gasteiger partial charge in [-0.2, -0.15) is 0 Å². The predicted octanol–water partition coefficient (Wildman–Crippen LogP) is -10.3. The molecule has 0 saturated carbocycles. The molecular formula is C6H10Cl2N2O4Pt. The number of rotatable bonds is 7. The SMILES string of the molecule is O=C([O-])CNCCNCC(=O)[O-].[Cl-].[Cl-].[Pt+4]. The summed E-state index contributed by atoms with van der Waals surface area (Å²) >= 11 is 0. The Morgan fingerprint density at radius 3 is 1.33 bits per heavy atom. The van der Waals surface area contributed by atoms with Gasteiger partial charge in [0.05, 0.1) is 11.9 Å². The minimum atomic E-state index is -1.19. The first-order valence-electron chi connectivity index (χ1n) is 3.44. The first kappa shape index (κ1) is 24.4. The van der Waals surface area contributed by atoms with Crippen LogP contribution in [0.25, 0.3) is 0 Å². The number of nitrogens with one attached hydrogen (secondary N) is 2. The van der Waals surface area contributed by atoms with E-state index in [1.165, 1.54) is 0 Å². The molecule has 0 aromatic rings. The summed E-state index contributed by atoms with van der Waals surface area (Å²) in [7, 11) is 0. The van der Waals surface area contributed by atoms with E-state index in [0.717, 1.165) is 0 Å². The monoisotopic (exact) mass is 439 g/mol. The van der Waals surface area contributed by atoms with Crippen molar-refractivity contribution in [2.45, 2.75) is 0 Å². The van der Waals surface area contributed by atoms with Gasteiger partial charge in [0.2, 0.25) is 0 Å². The van der Waals surface area contributed by atoms with E-state index < -0.39 is 11.9 Å². The van der Waals surface area contributed by atoms with E-state index >= 15 is 0 Å². The van der Waals surface area contributed by atoms with Gasteiger partial charge in [-0.15, -0.1) is 0 Å². The van der Waals surface area contributed by atoms with Gasteiger partial charge in [0, 0.05) is 26.2 Å². The van der Waals surface area contributed by atoms with Crippen LogP contribution in [0, 0.1) is 0 Å². The average Bonchev–Trinajstić information content (AvgIpc) is 1.95. The summed E-state index contributed by atoms with van der Waals surface area (Å²) in [6, 6.07) is 0. The third kappa shape index (κ3) is 24.9. The smallest absolute Gasteiger partial charge is 1.00 e. The van der Waals surface area contributed by atoms with Gasteiger partial charge < -0.3 is 55.2 Å². The number of hydrogen-bond donors (Lipinski definition) is 2. The Morgan fingerprint density at radius 1 is 0.867 bits per heavy atom. The van der Waals surface area contributed by atoms with Crippen LogP contribution in [0.3, 0.4) is 0 Å². The van der Waals surface area contributed by atoms with Crippen LogP contribution in [0.5, 0.6) is 0 Å². The van der Waals surface area contributed by atoms with Crippen molar-refractivity contribution in [2.75, 3.05) is 26.2 Å². The summed E-state index contributed by atoms with van der Waals surface area (Å²) in [5.41, 5.74) is 0. The minimum absolute atomic E-state index is 0. The number of halogens is 2. The Bertz CT molecular complexity index is 155. The molecule has 0 heterocycles. The average molecular weight is 440 g/mol. The largest absolute Gasteiger partial charge is 4.00 e. The zero-order chi connectivity index (χ0) is 9.40. The summed E-state index contributed by atoms with van der Waals surface area (Å²) in [5, 5.41) is 24.7. The Hall–Kier alpha value is 0.128. The van der Waals surface area contributed by atoms with Gasteiger partial charge in [-0.05, 0) is 0 Å². The van der Waals surface area contributed by atoms with Crippen LogP contribution in [0.1, 0.15) is 0 Å². The van der Waals surface area contributed by atoms with E-state index in [1.807, 2.05) is 0 Å². The second-order valence-corrected chi connectivity index (χ2v) is 2.10. The molecular weight excluding hydrogens is 430 g/mol. The third-order valence-corrected chi connectivity index (χ3v) is 1.02. The fourth-order valence-corrected chi connectivity index (χ4v) is 0.558.